The van der Waals surface area contributed by atoms with E-state index in [1.165, 1.54) is 4.88 Å². The highest BCUT2D eigenvalue weighted by atomic mass is 35.5. The van der Waals surface area contributed by atoms with E-state index in [0.29, 0.717) is 25.1 Å². The molecular formula is C13H16ClN5OS. The van der Waals surface area contributed by atoms with Crippen molar-refractivity contribution >= 4 is 34.8 Å². The Kier molecular flexibility index (Phi) is 4.52. The van der Waals surface area contributed by atoms with Gasteiger partial charge in [0.15, 0.2) is 0 Å². The molecular weight excluding hydrogens is 310 g/mol. The third-order valence-corrected chi connectivity index (χ3v) is 4.22. The molecule has 0 N–H and O–H groups in total. The first kappa shape index (κ1) is 14.5. The predicted octanol–water partition coefficient (Wildman–Crippen LogP) is 2.06. The number of thiophene rings is 1. The number of rotatable bonds is 4. The monoisotopic (exact) mass is 325 g/mol. The maximum absolute atomic E-state index is 6.05. The molecule has 6 nitrogen and oxygen atoms in total. The summed E-state index contributed by atoms with van der Waals surface area (Å²) in [5.41, 5.74) is 0. The largest absolute Gasteiger partial charge is 0.378 e. The second kappa shape index (κ2) is 6.55. The molecule has 0 aliphatic carbocycles. The van der Waals surface area contributed by atoms with Crippen molar-refractivity contribution in [3.63, 3.8) is 0 Å². The van der Waals surface area contributed by atoms with Gasteiger partial charge in [-0.05, 0) is 23.0 Å². The maximum Gasteiger partial charge on any atom is 0.231 e. The van der Waals surface area contributed by atoms with Gasteiger partial charge in [0.1, 0.15) is 0 Å². The summed E-state index contributed by atoms with van der Waals surface area (Å²) in [5.74, 6) is 1.20. The van der Waals surface area contributed by atoms with E-state index in [4.69, 9.17) is 16.3 Å². The fourth-order valence-corrected chi connectivity index (χ4v) is 3.02. The Morgan fingerprint density at radius 1 is 1.33 bits per heavy atom. The number of hydrogen-bond acceptors (Lipinski definition) is 7. The van der Waals surface area contributed by atoms with Gasteiger partial charge >= 0.3 is 0 Å². The number of hydrogen-bond donors (Lipinski definition) is 0. The number of nitrogens with zero attached hydrogens (tertiary/aromatic N) is 5. The lowest BCUT2D eigenvalue weighted by atomic mass is 10.4. The Morgan fingerprint density at radius 3 is 2.86 bits per heavy atom. The van der Waals surface area contributed by atoms with E-state index in [9.17, 15) is 0 Å². The zero-order valence-electron chi connectivity index (χ0n) is 11.7. The van der Waals surface area contributed by atoms with Gasteiger partial charge in [0.05, 0.1) is 19.8 Å². The molecule has 1 aliphatic rings. The first-order valence-electron chi connectivity index (χ1n) is 6.70. The van der Waals surface area contributed by atoms with Crippen LogP contribution < -0.4 is 9.80 Å². The highest BCUT2D eigenvalue weighted by Crippen LogP contribution is 2.19. The molecule has 0 saturated carbocycles. The Balaban J connectivity index is 1.79. The first-order chi connectivity index (χ1) is 10.2. The van der Waals surface area contributed by atoms with E-state index in [0.717, 1.165) is 19.6 Å². The van der Waals surface area contributed by atoms with Crippen molar-refractivity contribution in [2.24, 2.45) is 0 Å². The summed E-state index contributed by atoms with van der Waals surface area (Å²) < 4.78 is 5.34. The molecule has 0 aromatic carbocycles. The quantitative estimate of drug-likeness (QED) is 0.857. The normalized spacial score (nSPS) is 15.2. The Bertz CT molecular complexity index is 588. The zero-order chi connectivity index (χ0) is 14.7. The van der Waals surface area contributed by atoms with Crippen LogP contribution in [0, 0.1) is 0 Å². The van der Waals surface area contributed by atoms with Crippen LogP contribution in [0.5, 0.6) is 0 Å². The van der Waals surface area contributed by atoms with Crippen molar-refractivity contribution in [3.8, 4) is 0 Å². The second-order valence-electron chi connectivity index (χ2n) is 4.74. The molecule has 2 aromatic heterocycles. The van der Waals surface area contributed by atoms with Gasteiger partial charge in [-0.25, -0.2) is 0 Å². The van der Waals surface area contributed by atoms with Gasteiger partial charge in [0.2, 0.25) is 17.2 Å². The zero-order valence-corrected chi connectivity index (χ0v) is 13.3. The van der Waals surface area contributed by atoms with Crippen LogP contribution in [0.2, 0.25) is 5.28 Å². The molecule has 0 amide bonds. The Labute approximate surface area is 132 Å². The van der Waals surface area contributed by atoms with Crippen LogP contribution in [0.25, 0.3) is 0 Å². The third kappa shape index (κ3) is 3.61. The second-order valence-corrected chi connectivity index (χ2v) is 6.11. The minimum absolute atomic E-state index is 0.222. The number of halogens is 1. The molecule has 2 aromatic rings. The van der Waals surface area contributed by atoms with E-state index >= 15 is 0 Å². The van der Waals surface area contributed by atoms with Gasteiger partial charge in [-0.1, -0.05) is 6.07 Å². The van der Waals surface area contributed by atoms with Crippen LogP contribution in [0.15, 0.2) is 17.5 Å². The van der Waals surface area contributed by atoms with Crippen molar-refractivity contribution in [1.29, 1.82) is 0 Å². The molecule has 0 unspecified atom stereocenters. The fourth-order valence-electron chi connectivity index (χ4n) is 2.11. The van der Waals surface area contributed by atoms with Crippen molar-refractivity contribution in [2.45, 2.75) is 6.54 Å². The highest BCUT2D eigenvalue weighted by molar-refractivity contribution is 7.09. The highest BCUT2D eigenvalue weighted by Gasteiger charge is 2.17. The average Bonchev–Trinajstić information content (AvgIpc) is 3.00. The molecule has 3 rings (SSSR count). The predicted molar refractivity (Wildman–Crippen MR) is 84.3 cm³/mol. The summed E-state index contributed by atoms with van der Waals surface area (Å²) in [5, 5.41) is 2.28. The standard InChI is InChI=1S/C13H16ClN5OS/c1-18(9-10-3-2-8-21-10)12-15-11(14)16-13(17-12)19-4-6-20-7-5-19/h2-3,8H,4-7,9H2,1H3. The van der Waals surface area contributed by atoms with Crippen LogP contribution in [0.4, 0.5) is 11.9 Å². The summed E-state index contributed by atoms with van der Waals surface area (Å²) in [6, 6.07) is 4.13. The molecule has 8 heteroatoms. The van der Waals surface area contributed by atoms with Gasteiger partial charge in [0, 0.05) is 25.0 Å². The first-order valence-corrected chi connectivity index (χ1v) is 7.96. The lowest BCUT2D eigenvalue weighted by Crippen LogP contribution is -2.37. The van der Waals surface area contributed by atoms with Crippen molar-refractivity contribution in [1.82, 2.24) is 15.0 Å². The minimum atomic E-state index is 0.222. The molecule has 1 aliphatic heterocycles. The van der Waals surface area contributed by atoms with Crippen molar-refractivity contribution in [3.05, 3.63) is 27.7 Å². The smallest absolute Gasteiger partial charge is 0.231 e. The van der Waals surface area contributed by atoms with Crippen molar-refractivity contribution in [2.75, 3.05) is 43.2 Å². The molecule has 1 fully saturated rings. The Morgan fingerprint density at radius 2 is 2.14 bits per heavy atom. The van der Waals surface area contributed by atoms with E-state index in [2.05, 4.69) is 31.3 Å². The van der Waals surface area contributed by atoms with Gasteiger partial charge < -0.3 is 14.5 Å². The molecule has 0 radical (unpaired) electrons. The van der Waals surface area contributed by atoms with Crippen molar-refractivity contribution < 1.29 is 4.74 Å². The summed E-state index contributed by atoms with van der Waals surface area (Å²) in [6.45, 7) is 3.66. The average molecular weight is 326 g/mol. The lowest BCUT2D eigenvalue weighted by molar-refractivity contribution is 0.122. The summed E-state index contributed by atoms with van der Waals surface area (Å²) in [4.78, 5) is 18.3. The summed E-state index contributed by atoms with van der Waals surface area (Å²) in [7, 11) is 1.95. The number of ether oxygens (including phenoxy) is 1. The SMILES string of the molecule is CN(Cc1cccs1)c1nc(Cl)nc(N2CCOCC2)n1. The topological polar surface area (TPSA) is 54.4 Å². The fraction of sp³-hybridized carbons (Fsp3) is 0.462. The van der Waals surface area contributed by atoms with E-state index in [1.807, 2.05) is 18.0 Å². The van der Waals surface area contributed by atoms with Gasteiger partial charge in [-0.3, -0.25) is 0 Å². The summed E-state index contributed by atoms with van der Waals surface area (Å²) in [6.07, 6.45) is 0. The molecule has 21 heavy (non-hydrogen) atoms. The molecule has 112 valence electrons. The van der Waals surface area contributed by atoms with E-state index in [1.54, 1.807) is 11.3 Å². The van der Waals surface area contributed by atoms with Crippen LogP contribution in [-0.2, 0) is 11.3 Å². The van der Waals surface area contributed by atoms with Crippen LogP contribution in [0.1, 0.15) is 4.88 Å². The maximum atomic E-state index is 6.05. The minimum Gasteiger partial charge on any atom is -0.378 e. The van der Waals surface area contributed by atoms with E-state index < -0.39 is 0 Å². The van der Waals surface area contributed by atoms with Gasteiger partial charge in [-0.15, -0.1) is 11.3 Å². The molecule has 0 bridgehead atoms. The molecule has 0 spiro atoms. The van der Waals surface area contributed by atoms with Crippen LogP contribution in [-0.4, -0.2) is 48.3 Å². The number of aromatic nitrogens is 3. The lowest BCUT2D eigenvalue weighted by Gasteiger charge is -2.27. The molecule has 1 saturated heterocycles. The van der Waals surface area contributed by atoms with E-state index in [-0.39, 0.29) is 5.28 Å². The van der Waals surface area contributed by atoms with Gasteiger partial charge in [-0.2, -0.15) is 15.0 Å². The van der Waals surface area contributed by atoms with Crippen LogP contribution >= 0.6 is 22.9 Å². The number of anilines is 2. The third-order valence-electron chi connectivity index (χ3n) is 3.19. The number of morpholine rings is 1. The Hall–Kier alpha value is -1.44. The van der Waals surface area contributed by atoms with Crippen LogP contribution in [0.3, 0.4) is 0 Å². The van der Waals surface area contributed by atoms with Gasteiger partial charge in [0.25, 0.3) is 0 Å². The molecule has 0 atom stereocenters. The summed E-state index contributed by atoms with van der Waals surface area (Å²) >= 11 is 7.76. The molecule has 3 heterocycles.